The van der Waals surface area contributed by atoms with Crippen molar-refractivity contribution >= 4 is 5.97 Å². The molecule has 6 heteroatoms. The summed E-state index contributed by atoms with van der Waals surface area (Å²) in [6.45, 7) is 3.96. The molecule has 0 radical (unpaired) electrons. The van der Waals surface area contributed by atoms with E-state index in [4.69, 9.17) is 19.9 Å². The summed E-state index contributed by atoms with van der Waals surface area (Å²) < 4.78 is 15.5. The Kier molecular flexibility index (Phi) is 5.61. The van der Waals surface area contributed by atoms with E-state index in [1.54, 1.807) is 6.92 Å². The number of nitriles is 1. The maximum absolute atomic E-state index is 12.6. The molecule has 1 atom stereocenters. The molecule has 1 aliphatic heterocycles. The summed E-state index contributed by atoms with van der Waals surface area (Å²) in [6, 6.07) is 9.59. The summed E-state index contributed by atoms with van der Waals surface area (Å²) in [7, 11) is 1.52. The summed E-state index contributed by atoms with van der Waals surface area (Å²) in [5, 5.41) is 9.52. The molecule has 0 saturated heterocycles. The van der Waals surface area contributed by atoms with Crippen LogP contribution in [0.3, 0.4) is 0 Å². The molecule has 1 aromatic rings. The Bertz CT molecular complexity index is 744. The highest BCUT2D eigenvalue weighted by Gasteiger charge is 2.36. The third-order valence-corrected chi connectivity index (χ3v) is 3.85. The van der Waals surface area contributed by atoms with E-state index in [0.717, 1.165) is 11.1 Å². The molecule has 0 saturated carbocycles. The summed E-state index contributed by atoms with van der Waals surface area (Å²) in [5.74, 6) is -0.808. The molecule has 24 heavy (non-hydrogen) atoms. The average molecular weight is 328 g/mol. The first-order valence-electron chi connectivity index (χ1n) is 7.51. The first kappa shape index (κ1) is 17.6. The first-order valence-corrected chi connectivity index (χ1v) is 7.51. The van der Waals surface area contributed by atoms with Crippen LogP contribution in [0.15, 0.2) is 47.1 Å². The molecule has 0 bridgehead atoms. The van der Waals surface area contributed by atoms with E-state index in [1.165, 1.54) is 7.11 Å². The van der Waals surface area contributed by atoms with Crippen LogP contribution in [-0.2, 0) is 19.0 Å². The maximum atomic E-state index is 12.6. The Hall–Kier alpha value is -2.78. The molecule has 2 N–H and O–H groups in total. The number of rotatable bonds is 5. The zero-order valence-corrected chi connectivity index (χ0v) is 14.0. The van der Waals surface area contributed by atoms with Crippen LogP contribution in [0.1, 0.15) is 24.0 Å². The minimum atomic E-state index is -0.611. The van der Waals surface area contributed by atoms with Gasteiger partial charge in [-0.15, -0.1) is 0 Å². The van der Waals surface area contributed by atoms with Gasteiger partial charge in [0.15, 0.2) is 0 Å². The lowest BCUT2D eigenvalue weighted by Crippen LogP contribution is -2.26. The smallest absolute Gasteiger partial charge is 0.338 e. The quantitative estimate of drug-likeness (QED) is 0.658. The lowest BCUT2D eigenvalue weighted by Gasteiger charge is -2.27. The Labute approximate surface area is 141 Å². The van der Waals surface area contributed by atoms with Crippen molar-refractivity contribution < 1.29 is 19.0 Å². The normalized spacial score (nSPS) is 17.3. The van der Waals surface area contributed by atoms with Gasteiger partial charge in [-0.05, 0) is 25.0 Å². The van der Waals surface area contributed by atoms with E-state index in [1.807, 2.05) is 31.2 Å². The monoisotopic (exact) mass is 328 g/mol. The third-order valence-electron chi connectivity index (χ3n) is 3.85. The van der Waals surface area contributed by atoms with Gasteiger partial charge >= 0.3 is 5.97 Å². The number of hydrogen-bond acceptors (Lipinski definition) is 6. The predicted molar refractivity (Wildman–Crippen MR) is 87.4 cm³/mol. The fourth-order valence-corrected chi connectivity index (χ4v) is 2.66. The van der Waals surface area contributed by atoms with Crippen molar-refractivity contribution in [2.75, 3.05) is 20.3 Å². The van der Waals surface area contributed by atoms with Crippen LogP contribution in [0, 0.1) is 18.3 Å². The number of ether oxygens (including phenoxy) is 3. The highest BCUT2D eigenvalue weighted by atomic mass is 16.6. The van der Waals surface area contributed by atoms with Gasteiger partial charge in [-0.1, -0.05) is 24.3 Å². The number of esters is 1. The van der Waals surface area contributed by atoms with Gasteiger partial charge in [0.2, 0.25) is 5.88 Å². The van der Waals surface area contributed by atoms with Crippen molar-refractivity contribution in [2.45, 2.75) is 19.8 Å². The molecular formula is C18H20N2O4. The molecule has 0 spiro atoms. The molecule has 1 aromatic carbocycles. The second kappa shape index (κ2) is 7.66. The number of benzene rings is 1. The van der Waals surface area contributed by atoms with Crippen molar-refractivity contribution in [2.24, 2.45) is 5.73 Å². The molecule has 0 unspecified atom stereocenters. The van der Waals surface area contributed by atoms with Crippen LogP contribution < -0.4 is 5.73 Å². The van der Waals surface area contributed by atoms with Crippen molar-refractivity contribution in [3.63, 3.8) is 0 Å². The standard InChI is InChI=1S/C18H20N2O4/c1-11-6-4-5-7-13(11)16-14(10-19)17(20)24-12(2)15(16)18(21)23-9-8-22-3/h4-7,16H,8-9,20H2,1-3H3/t16-/m1/s1. The average Bonchev–Trinajstić information content (AvgIpc) is 2.55. The maximum Gasteiger partial charge on any atom is 0.338 e. The van der Waals surface area contributed by atoms with Crippen molar-refractivity contribution in [1.82, 2.24) is 0 Å². The van der Waals surface area contributed by atoms with E-state index in [-0.39, 0.29) is 30.2 Å². The van der Waals surface area contributed by atoms with Crippen LogP contribution in [0.25, 0.3) is 0 Å². The van der Waals surface area contributed by atoms with Gasteiger partial charge in [0.1, 0.15) is 24.0 Å². The Morgan fingerprint density at radius 3 is 2.67 bits per heavy atom. The van der Waals surface area contributed by atoms with Crippen molar-refractivity contribution in [1.29, 1.82) is 5.26 Å². The zero-order chi connectivity index (χ0) is 17.7. The van der Waals surface area contributed by atoms with Gasteiger partial charge in [-0.25, -0.2) is 4.79 Å². The largest absolute Gasteiger partial charge is 0.460 e. The Morgan fingerprint density at radius 1 is 1.33 bits per heavy atom. The lowest BCUT2D eigenvalue weighted by atomic mass is 9.81. The topological polar surface area (TPSA) is 94.6 Å². The van der Waals surface area contributed by atoms with E-state index >= 15 is 0 Å². The minimum Gasteiger partial charge on any atom is -0.460 e. The van der Waals surface area contributed by atoms with Gasteiger partial charge in [-0.3, -0.25) is 0 Å². The van der Waals surface area contributed by atoms with E-state index in [9.17, 15) is 10.1 Å². The van der Waals surface area contributed by atoms with Crippen molar-refractivity contribution in [3.05, 3.63) is 58.2 Å². The van der Waals surface area contributed by atoms with Gasteiger partial charge < -0.3 is 19.9 Å². The van der Waals surface area contributed by atoms with Crippen LogP contribution in [0.2, 0.25) is 0 Å². The third kappa shape index (κ3) is 3.42. The summed E-state index contributed by atoms with van der Waals surface area (Å²) in [4.78, 5) is 12.6. The Morgan fingerprint density at radius 2 is 2.04 bits per heavy atom. The number of carbonyl (C=O) groups excluding carboxylic acids is 1. The molecule has 0 fully saturated rings. The highest BCUT2D eigenvalue weighted by molar-refractivity contribution is 5.92. The summed E-state index contributed by atoms with van der Waals surface area (Å²) >= 11 is 0. The van der Waals surface area contributed by atoms with Crippen LogP contribution >= 0.6 is 0 Å². The molecular weight excluding hydrogens is 308 g/mol. The van der Waals surface area contributed by atoms with Gasteiger partial charge in [0, 0.05) is 7.11 Å². The number of methoxy groups -OCH3 is 1. The zero-order valence-electron chi connectivity index (χ0n) is 14.0. The lowest BCUT2D eigenvalue weighted by molar-refractivity contribution is -0.140. The van der Waals surface area contributed by atoms with E-state index < -0.39 is 11.9 Å². The molecule has 0 amide bonds. The fourth-order valence-electron chi connectivity index (χ4n) is 2.66. The molecule has 126 valence electrons. The predicted octanol–water partition coefficient (Wildman–Crippen LogP) is 2.27. The van der Waals surface area contributed by atoms with Crippen molar-refractivity contribution in [3.8, 4) is 6.07 Å². The number of hydrogen-bond donors (Lipinski definition) is 1. The number of aryl methyl sites for hydroxylation is 1. The van der Waals surface area contributed by atoms with E-state index in [0.29, 0.717) is 5.76 Å². The SMILES string of the molecule is COCCOC(=O)C1=C(C)OC(N)=C(C#N)[C@H]1c1ccccc1C. The molecule has 6 nitrogen and oxygen atoms in total. The number of carbonyl (C=O) groups is 1. The highest BCUT2D eigenvalue weighted by Crippen LogP contribution is 2.40. The minimum absolute atomic E-state index is 0.0108. The fraction of sp³-hybridized carbons (Fsp3) is 0.333. The molecule has 0 aromatic heterocycles. The molecule has 1 heterocycles. The van der Waals surface area contributed by atoms with Gasteiger partial charge in [-0.2, -0.15) is 5.26 Å². The summed E-state index contributed by atoms with van der Waals surface area (Å²) in [6.07, 6.45) is 0. The number of allylic oxidation sites excluding steroid dienone is 2. The number of nitrogens with two attached hydrogens (primary N) is 1. The molecule has 1 aliphatic rings. The van der Waals surface area contributed by atoms with Crippen LogP contribution in [0.5, 0.6) is 0 Å². The number of nitrogens with zero attached hydrogens (tertiary/aromatic N) is 1. The Balaban J connectivity index is 2.50. The van der Waals surface area contributed by atoms with Crippen LogP contribution in [0.4, 0.5) is 0 Å². The second-order valence-electron chi connectivity index (χ2n) is 5.38. The van der Waals surface area contributed by atoms with Gasteiger partial charge in [0.05, 0.1) is 18.1 Å². The van der Waals surface area contributed by atoms with Gasteiger partial charge in [0.25, 0.3) is 0 Å². The van der Waals surface area contributed by atoms with Crippen LogP contribution in [-0.4, -0.2) is 26.3 Å². The molecule has 0 aliphatic carbocycles. The molecule has 2 rings (SSSR count). The second-order valence-corrected chi connectivity index (χ2v) is 5.38. The first-order chi connectivity index (χ1) is 11.5. The van der Waals surface area contributed by atoms with E-state index in [2.05, 4.69) is 6.07 Å². The summed E-state index contributed by atoms with van der Waals surface area (Å²) in [5.41, 5.74) is 8.12.